The summed E-state index contributed by atoms with van der Waals surface area (Å²) in [5.74, 6) is 0.647. The summed E-state index contributed by atoms with van der Waals surface area (Å²) in [7, 11) is 3.57. The number of halogens is 1. The van der Waals surface area contributed by atoms with Gasteiger partial charge in [0.25, 0.3) is 0 Å². The van der Waals surface area contributed by atoms with E-state index in [0.717, 1.165) is 17.9 Å². The Morgan fingerprint density at radius 3 is 2.58 bits per heavy atom. The lowest BCUT2D eigenvalue weighted by Gasteiger charge is -2.38. The first-order valence-electron chi connectivity index (χ1n) is 6.70. The third-order valence-corrected chi connectivity index (χ3v) is 4.12. The van der Waals surface area contributed by atoms with Crippen LogP contribution in [0.3, 0.4) is 0 Å². The highest BCUT2D eigenvalue weighted by atomic mass is 35.5. The van der Waals surface area contributed by atoms with E-state index in [4.69, 9.17) is 11.6 Å². The van der Waals surface area contributed by atoms with Crippen LogP contribution in [-0.4, -0.2) is 37.0 Å². The minimum absolute atomic E-state index is 0.118. The number of benzene rings is 1. The third-order valence-electron chi connectivity index (χ3n) is 3.78. The summed E-state index contributed by atoms with van der Waals surface area (Å²) in [6, 6.07) is 8.32. The Hall–Kier alpha value is -1.06. The average molecular weight is 281 g/mol. The number of nitrogens with one attached hydrogen (secondary N) is 1. The molecule has 1 atom stereocenters. The zero-order valence-corrected chi connectivity index (χ0v) is 12.4. The van der Waals surface area contributed by atoms with Gasteiger partial charge in [-0.2, -0.15) is 0 Å². The molecule has 1 aliphatic carbocycles. The lowest BCUT2D eigenvalue weighted by Crippen LogP contribution is -2.50. The van der Waals surface area contributed by atoms with Crippen LogP contribution in [0.1, 0.15) is 31.2 Å². The van der Waals surface area contributed by atoms with E-state index >= 15 is 0 Å². The molecular formula is C15H21ClN2O. The Morgan fingerprint density at radius 2 is 2.00 bits per heavy atom. The van der Waals surface area contributed by atoms with Gasteiger partial charge in [-0.15, -0.1) is 0 Å². The average Bonchev–Trinajstić information content (AvgIpc) is 2.33. The molecule has 0 spiro atoms. The van der Waals surface area contributed by atoms with Gasteiger partial charge in [0, 0.05) is 25.2 Å². The highest BCUT2D eigenvalue weighted by molar-refractivity contribution is 6.31. The highest BCUT2D eigenvalue weighted by Crippen LogP contribution is 2.40. The predicted octanol–water partition coefficient (Wildman–Crippen LogP) is 2.65. The topological polar surface area (TPSA) is 32.3 Å². The number of likely N-dealkylation sites (N-methyl/N-ethyl adjacent to an activating group) is 1. The van der Waals surface area contributed by atoms with Gasteiger partial charge in [0.15, 0.2) is 0 Å². The van der Waals surface area contributed by atoms with Crippen molar-refractivity contribution in [3.05, 3.63) is 34.9 Å². The van der Waals surface area contributed by atoms with E-state index in [1.165, 1.54) is 5.56 Å². The van der Waals surface area contributed by atoms with Gasteiger partial charge in [0.05, 0.1) is 6.04 Å². The molecule has 0 bridgehead atoms. The molecule has 1 N–H and O–H groups in total. The molecule has 0 saturated heterocycles. The van der Waals surface area contributed by atoms with Gasteiger partial charge in [-0.3, -0.25) is 4.79 Å². The van der Waals surface area contributed by atoms with Crippen LogP contribution in [0, 0.1) is 0 Å². The van der Waals surface area contributed by atoms with Gasteiger partial charge in [-0.1, -0.05) is 29.8 Å². The summed E-state index contributed by atoms with van der Waals surface area (Å²) >= 11 is 6.20. The molecule has 0 radical (unpaired) electrons. The van der Waals surface area contributed by atoms with Crippen molar-refractivity contribution in [3.8, 4) is 0 Å². The first-order chi connectivity index (χ1) is 8.99. The Kier molecular flexibility index (Phi) is 4.48. The van der Waals surface area contributed by atoms with Crippen molar-refractivity contribution in [1.82, 2.24) is 10.2 Å². The molecule has 1 fully saturated rings. The van der Waals surface area contributed by atoms with Crippen molar-refractivity contribution in [2.45, 2.75) is 37.8 Å². The van der Waals surface area contributed by atoms with Gasteiger partial charge < -0.3 is 10.2 Å². The number of rotatable bonds is 4. The Morgan fingerprint density at radius 1 is 1.37 bits per heavy atom. The minimum Gasteiger partial charge on any atom is -0.347 e. The van der Waals surface area contributed by atoms with Crippen molar-refractivity contribution in [2.24, 2.45) is 0 Å². The van der Waals surface area contributed by atoms with Gasteiger partial charge in [-0.25, -0.2) is 0 Å². The number of carbonyl (C=O) groups is 1. The molecule has 1 unspecified atom stereocenters. The fraction of sp³-hybridized carbons (Fsp3) is 0.533. The molecule has 1 aliphatic rings. The Bertz CT molecular complexity index is 455. The molecule has 1 saturated carbocycles. The SMILES string of the molecule is CC(NC1CC(c2ccccc2Cl)C1)C(=O)N(C)C. The second kappa shape index (κ2) is 5.93. The fourth-order valence-corrected chi connectivity index (χ4v) is 2.92. The van der Waals surface area contributed by atoms with E-state index in [0.29, 0.717) is 12.0 Å². The predicted molar refractivity (Wildman–Crippen MR) is 78.5 cm³/mol. The van der Waals surface area contributed by atoms with Gasteiger partial charge in [-0.05, 0) is 37.3 Å². The summed E-state index contributed by atoms with van der Waals surface area (Å²) in [6.07, 6.45) is 2.10. The van der Waals surface area contributed by atoms with Crippen molar-refractivity contribution >= 4 is 17.5 Å². The van der Waals surface area contributed by atoms with Crippen LogP contribution < -0.4 is 5.32 Å². The van der Waals surface area contributed by atoms with Crippen molar-refractivity contribution in [1.29, 1.82) is 0 Å². The molecule has 1 aromatic rings. The van der Waals surface area contributed by atoms with Crippen molar-refractivity contribution < 1.29 is 4.79 Å². The largest absolute Gasteiger partial charge is 0.347 e. The van der Waals surface area contributed by atoms with Crippen LogP contribution in [0.4, 0.5) is 0 Å². The highest BCUT2D eigenvalue weighted by Gasteiger charge is 2.33. The van der Waals surface area contributed by atoms with Crippen LogP contribution in [0.2, 0.25) is 5.02 Å². The summed E-state index contributed by atoms with van der Waals surface area (Å²) in [5.41, 5.74) is 1.23. The van der Waals surface area contributed by atoms with E-state index in [1.54, 1.807) is 19.0 Å². The van der Waals surface area contributed by atoms with Crippen LogP contribution in [0.25, 0.3) is 0 Å². The summed E-state index contributed by atoms with van der Waals surface area (Å²) in [6.45, 7) is 1.92. The number of hydrogen-bond acceptors (Lipinski definition) is 2. The molecule has 104 valence electrons. The van der Waals surface area contributed by atoms with Crippen molar-refractivity contribution in [2.75, 3.05) is 14.1 Å². The molecule has 3 nitrogen and oxygen atoms in total. The van der Waals surface area contributed by atoms with E-state index in [1.807, 2.05) is 25.1 Å². The maximum atomic E-state index is 11.8. The lowest BCUT2D eigenvalue weighted by atomic mass is 9.75. The maximum absolute atomic E-state index is 11.8. The number of carbonyl (C=O) groups excluding carboxylic acids is 1. The standard InChI is InChI=1S/C15H21ClN2O/c1-10(15(19)18(2)3)17-12-8-11(9-12)13-6-4-5-7-14(13)16/h4-7,10-12,17H,8-9H2,1-3H3. The van der Waals surface area contributed by atoms with E-state index in [2.05, 4.69) is 11.4 Å². The number of nitrogens with zero attached hydrogens (tertiary/aromatic N) is 1. The molecule has 0 aromatic heterocycles. The van der Waals surface area contributed by atoms with Crippen LogP contribution >= 0.6 is 11.6 Å². The lowest BCUT2D eigenvalue weighted by molar-refractivity contribution is -0.130. The first kappa shape index (κ1) is 14.4. The quantitative estimate of drug-likeness (QED) is 0.920. The Labute approximate surface area is 119 Å². The Balaban J connectivity index is 1.84. The van der Waals surface area contributed by atoms with E-state index in [-0.39, 0.29) is 11.9 Å². The second-order valence-corrected chi connectivity index (χ2v) is 5.91. The van der Waals surface area contributed by atoms with Gasteiger partial charge in [0.1, 0.15) is 0 Å². The van der Waals surface area contributed by atoms with Gasteiger partial charge in [0.2, 0.25) is 5.91 Å². The molecular weight excluding hydrogens is 260 g/mol. The van der Waals surface area contributed by atoms with E-state index < -0.39 is 0 Å². The molecule has 0 heterocycles. The smallest absolute Gasteiger partial charge is 0.238 e. The van der Waals surface area contributed by atoms with Gasteiger partial charge >= 0.3 is 0 Å². The monoisotopic (exact) mass is 280 g/mol. The van der Waals surface area contributed by atoms with Crippen LogP contribution in [0.15, 0.2) is 24.3 Å². The number of amides is 1. The third kappa shape index (κ3) is 3.28. The first-order valence-corrected chi connectivity index (χ1v) is 7.08. The molecule has 1 aromatic carbocycles. The molecule has 1 amide bonds. The van der Waals surface area contributed by atoms with E-state index in [9.17, 15) is 4.79 Å². The number of hydrogen-bond donors (Lipinski definition) is 1. The maximum Gasteiger partial charge on any atom is 0.238 e. The summed E-state index contributed by atoms with van der Waals surface area (Å²) < 4.78 is 0. The molecule has 0 aliphatic heterocycles. The van der Waals surface area contributed by atoms with Crippen LogP contribution in [-0.2, 0) is 4.79 Å². The summed E-state index contributed by atoms with van der Waals surface area (Å²) in [5, 5.41) is 4.23. The normalized spacial score (nSPS) is 23.6. The second-order valence-electron chi connectivity index (χ2n) is 5.51. The minimum atomic E-state index is -0.118. The summed E-state index contributed by atoms with van der Waals surface area (Å²) in [4.78, 5) is 13.4. The molecule has 4 heteroatoms. The van der Waals surface area contributed by atoms with Crippen LogP contribution in [0.5, 0.6) is 0 Å². The zero-order valence-electron chi connectivity index (χ0n) is 11.7. The van der Waals surface area contributed by atoms with Crippen molar-refractivity contribution in [3.63, 3.8) is 0 Å². The zero-order chi connectivity index (χ0) is 14.0. The molecule has 19 heavy (non-hydrogen) atoms. The molecule has 2 rings (SSSR count). The fourth-order valence-electron chi connectivity index (χ4n) is 2.63.